The summed E-state index contributed by atoms with van der Waals surface area (Å²) in [5.41, 5.74) is 9.04. The number of anilines is 4. The van der Waals surface area contributed by atoms with E-state index in [4.69, 9.17) is 17.3 Å². The van der Waals surface area contributed by atoms with Crippen molar-refractivity contribution in [1.29, 1.82) is 0 Å². The normalized spacial score (nSPS) is 12.8. The van der Waals surface area contributed by atoms with Gasteiger partial charge in [0, 0.05) is 10.7 Å². The zero-order valence-corrected chi connectivity index (χ0v) is 10.1. The largest absolute Gasteiger partial charge is 0.399 e. The van der Waals surface area contributed by atoms with Crippen LogP contribution >= 0.6 is 11.6 Å². The van der Waals surface area contributed by atoms with Crippen molar-refractivity contribution in [2.24, 2.45) is 0 Å². The van der Waals surface area contributed by atoms with Gasteiger partial charge in [0.25, 0.3) is 5.91 Å². The van der Waals surface area contributed by atoms with E-state index < -0.39 is 0 Å². The van der Waals surface area contributed by atoms with Crippen LogP contribution in [0.3, 0.4) is 0 Å². The maximum Gasteiger partial charge on any atom is 0.257 e. The maximum absolute atomic E-state index is 12.0. The number of fused-ring (bicyclic) bond motifs is 2. The number of benzene rings is 2. The van der Waals surface area contributed by atoms with Crippen molar-refractivity contribution in [3.8, 4) is 0 Å². The summed E-state index contributed by atoms with van der Waals surface area (Å²) in [6.07, 6.45) is 0. The number of carbonyl (C=O) groups excluding carboxylic acids is 1. The first-order chi connectivity index (χ1) is 8.63. The highest BCUT2D eigenvalue weighted by Gasteiger charge is 2.18. The van der Waals surface area contributed by atoms with Gasteiger partial charge in [-0.1, -0.05) is 11.6 Å². The molecule has 4 N–H and O–H groups in total. The van der Waals surface area contributed by atoms with Gasteiger partial charge in [-0.2, -0.15) is 0 Å². The molecule has 5 heteroatoms. The van der Waals surface area contributed by atoms with Crippen LogP contribution in [0.25, 0.3) is 0 Å². The average molecular weight is 260 g/mol. The Balaban J connectivity index is 2.18. The van der Waals surface area contributed by atoms with E-state index in [0.717, 1.165) is 5.69 Å². The molecule has 1 aliphatic rings. The topological polar surface area (TPSA) is 67.1 Å². The standard InChI is InChI=1S/C13H10ClN3O/c14-7-1-3-9-11(5-7)16-12-6-8(15)2-4-10(12)17-13(9)18/h1-6,16H,15H2,(H,17,18). The lowest BCUT2D eigenvalue weighted by Crippen LogP contribution is -2.10. The summed E-state index contributed by atoms with van der Waals surface area (Å²) in [6, 6.07) is 10.4. The molecule has 0 bridgehead atoms. The minimum atomic E-state index is -0.169. The van der Waals surface area contributed by atoms with Gasteiger partial charge < -0.3 is 16.4 Å². The second-order valence-electron chi connectivity index (χ2n) is 4.07. The number of nitrogens with one attached hydrogen (secondary N) is 2. The lowest BCUT2D eigenvalue weighted by atomic mass is 10.1. The smallest absolute Gasteiger partial charge is 0.257 e. The predicted molar refractivity (Wildman–Crippen MR) is 73.5 cm³/mol. The van der Waals surface area contributed by atoms with E-state index in [1.807, 2.05) is 0 Å². The zero-order valence-electron chi connectivity index (χ0n) is 9.33. The van der Waals surface area contributed by atoms with E-state index in [-0.39, 0.29) is 5.91 Å². The van der Waals surface area contributed by atoms with Crippen LogP contribution in [-0.2, 0) is 0 Å². The van der Waals surface area contributed by atoms with E-state index >= 15 is 0 Å². The van der Waals surface area contributed by atoms with Crippen LogP contribution in [0.4, 0.5) is 22.7 Å². The van der Waals surface area contributed by atoms with Gasteiger partial charge in [0.2, 0.25) is 0 Å². The molecule has 0 saturated carbocycles. The number of nitrogens with two attached hydrogens (primary N) is 1. The first kappa shape index (κ1) is 10.9. The number of nitrogen functional groups attached to an aromatic ring is 1. The van der Waals surface area contributed by atoms with Gasteiger partial charge in [0.15, 0.2) is 0 Å². The van der Waals surface area contributed by atoms with Gasteiger partial charge in [0.1, 0.15) is 0 Å². The average Bonchev–Trinajstić information content (AvgIpc) is 2.44. The van der Waals surface area contributed by atoms with Gasteiger partial charge in [-0.25, -0.2) is 0 Å². The van der Waals surface area contributed by atoms with Crippen LogP contribution in [0.2, 0.25) is 5.02 Å². The van der Waals surface area contributed by atoms with E-state index in [1.165, 1.54) is 0 Å². The Bertz CT molecular complexity index is 655. The number of hydrogen-bond acceptors (Lipinski definition) is 3. The fourth-order valence-electron chi connectivity index (χ4n) is 1.93. The van der Waals surface area contributed by atoms with Crippen molar-refractivity contribution < 1.29 is 4.79 Å². The predicted octanol–water partition coefficient (Wildman–Crippen LogP) is 3.23. The second kappa shape index (κ2) is 3.92. The van der Waals surface area contributed by atoms with Crippen LogP contribution < -0.4 is 16.4 Å². The summed E-state index contributed by atoms with van der Waals surface area (Å²) in [6.45, 7) is 0. The summed E-state index contributed by atoms with van der Waals surface area (Å²) < 4.78 is 0. The van der Waals surface area contributed by atoms with Gasteiger partial charge in [-0.05, 0) is 36.4 Å². The molecule has 0 aliphatic carbocycles. The molecule has 1 amide bonds. The molecule has 2 aromatic rings. The monoisotopic (exact) mass is 259 g/mol. The zero-order chi connectivity index (χ0) is 12.7. The third kappa shape index (κ3) is 1.76. The molecule has 0 fully saturated rings. The summed E-state index contributed by atoms with van der Waals surface area (Å²) in [4.78, 5) is 12.0. The van der Waals surface area contributed by atoms with Crippen molar-refractivity contribution in [3.63, 3.8) is 0 Å². The molecule has 0 saturated heterocycles. The van der Waals surface area contributed by atoms with Crippen LogP contribution in [0.5, 0.6) is 0 Å². The third-order valence-electron chi connectivity index (χ3n) is 2.79. The quantitative estimate of drug-likeness (QED) is 0.636. The summed E-state index contributed by atoms with van der Waals surface area (Å²) in [7, 11) is 0. The summed E-state index contributed by atoms with van der Waals surface area (Å²) in [5, 5.41) is 6.56. The van der Waals surface area contributed by atoms with Crippen molar-refractivity contribution in [1.82, 2.24) is 0 Å². The Morgan fingerprint density at radius 2 is 1.78 bits per heavy atom. The minimum Gasteiger partial charge on any atom is -0.399 e. The van der Waals surface area contributed by atoms with Crippen LogP contribution in [0.15, 0.2) is 36.4 Å². The van der Waals surface area contributed by atoms with E-state index in [2.05, 4.69) is 10.6 Å². The molecule has 0 radical (unpaired) electrons. The molecule has 0 aromatic heterocycles. The molecular weight excluding hydrogens is 250 g/mol. The first-order valence-corrected chi connectivity index (χ1v) is 5.79. The highest BCUT2D eigenvalue weighted by atomic mass is 35.5. The van der Waals surface area contributed by atoms with Crippen molar-refractivity contribution in [2.45, 2.75) is 0 Å². The number of hydrogen-bond donors (Lipinski definition) is 3. The Kier molecular flexibility index (Phi) is 2.38. The van der Waals surface area contributed by atoms with E-state index in [0.29, 0.717) is 27.6 Å². The lowest BCUT2D eigenvalue weighted by molar-refractivity contribution is 0.102. The van der Waals surface area contributed by atoms with Crippen LogP contribution in [0.1, 0.15) is 10.4 Å². The Morgan fingerprint density at radius 3 is 2.61 bits per heavy atom. The molecule has 0 unspecified atom stereocenters. The van der Waals surface area contributed by atoms with Crippen molar-refractivity contribution >= 4 is 40.3 Å². The number of rotatable bonds is 0. The highest BCUT2D eigenvalue weighted by Crippen LogP contribution is 2.34. The molecule has 1 heterocycles. The number of amides is 1. The Hall–Kier alpha value is -2.20. The molecule has 3 rings (SSSR count). The second-order valence-corrected chi connectivity index (χ2v) is 4.51. The van der Waals surface area contributed by atoms with Gasteiger partial charge in [-0.15, -0.1) is 0 Å². The summed E-state index contributed by atoms with van der Waals surface area (Å²) in [5.74, 6) is -0.169. The number of carbonyl (C=O) groups is 1. The minimum absolute atomic E-state index is 0.169. The Morgan fingerprint density at radius 1 is 0.944 bits per heavy atom. The van der Waals surface area contributed by atoms with E-state index in [1.54, 1.807) is 36.4 Å². The van der Waals surface area contributed by atoms with Crippen LogP contribution in [0, 0.1) is 0 Å². The highest BCUT2D eigenvalue weighted by molar-refractivity contribution is 6.31. The van der Waals surface area contributed by atoms with Gasteiger partial charge >= 0.3 is 0 Å². The van der Waals surface area contributed by atoms with Crippen molar-refractivity contribution in [3.05, 3.63) is 47.0 Å². The van der Waals surface area contributed by atoms with Gasteiger partial charge in [-0.3, -0.25) is 4.79 Å². The van der Waals surface area contributed by atoms with Crippen LogP contribution in [-0.4, -0.2) is 5.91 Å². The fourth-order valence-corrected chi connectivity index (χ4v) is 2.10. The third-order valence-corrected chi connectivity index (χ3v) is 3.02. The number of halogens is 1. The molecule has 0 spiro atoms. The summed E-state index contributed by atoms with van der Waals surface area (Å²) >= 11 is 5.94. The molecule has 0 atom stereocenters. The molecular formula is C13H10ClN3O. The Labute approximate surface area is 109 Å². The molecule has 4 nitrogen and oxygen atoms in total. The van der Waals surface area contributed by atoms with E-state index in [9.17, 15) is 4.79 Å². The lowest BCUT2D eigenvalue weighted by Gasteiger charge is -2.09. The molecule has 2 aromatic carbocycles. The maximum atomic E-state index is 12.0. The fraction of sp³-hybridized carbons (Fsp3) is 0. The molecule has 18 heavy (non-hydrogen) atoms. The van der Waals surface area contributed by atoms with Gasteiger partial charge in [0.05, 0.1) is 22.6 Å². The SMILES string of the molecule is Nc1ccc2c(c1)Nc1cc(Cl)ccc1C(=O)N2. The first-order valence-electron chi connectivity index (χ1n) is 5.41. The molecule has 90 valence electrons. The van der Waals surface area contributed by atoms with Crippen molar-refractivity contribution in [2.75, 3.05) is 16.4 Å². The molecule has 1 aliphatic heterocycles.